The summed E-state index contributed by atoms with van der Waals surface area (Å²) in [5, 5.41) is 15.2. The quantitative estimate of drug-likeness (QED) is 0.899. The second-order valence-electron chi connectivity index (χ2n) is 6.83. The molecule has 1 aromatic heterocycles. The molecule has 4 nitrogen and oxygen atoms in total. The van der Waals surface area contributed by atoms with Crippen LogP contribution < -0.4 is 0 Å². The fraction of sp³-hybridized carbons (Fsp3) is 0.812. The van der Waals surface area contributed by atoms with Crippen molar-refractivity contribution in [1.29, 1.82) is 0 Å². The standard InChI is InChI=1S/C16H27N3O/c1-18(13-16(20)9-4-5-10-16)12-14-8-11-19(17-14)15-6-2-3-7-15/h8,11,15,20H,2-7,9-10,12-13H2,1H3. The largest absolute Gasteiger partial charge is 0.389 e. The van der Waals surface area contributed by atoms with Crippen LogP contribution in [0.25, 0.3) is 0 Å². The van der Waals surface area contributed by atoms with E-state index in [1.807, 2.05) is 0 Å². The third-order valence-corrected chi connectivity index (χ3v) is 4.89. The van der Waals surface area contributed by atoms with E-state index in [2.05, 4.69) is 28.9 Å². The summed E-state index contributed by atoms with van der Waals surface area (Å²) >= 11 is 0. The van der Waals surface area contributed by atoms with Gasteiger partial charge in [-0.25, -0.2) is 0 Å². The number of hydrogen-bond acceptors (Lipinski definition) is 3. The van der Waals surface area contributed by atoms with E-state index in [9.17, 15) is 5.11 Å². The zero-order valence-corrected chi connectivity index (χ0v) is 12.6. The van der Waals surface area contributed by atoms with Crippen LogP contribution in [0.4, 0.5) is 0 Å². The van der Waals surface area contributed by atoms with Crippen LogP contribution in [0.5, 0.6) is 0 Å². The van der Waals surface area contributed by atoms with Gasteiger partial charge in [0, 0.05) is 19.3 Å². The highest BCUT2D eigenvalue weighted by Crippen LogP contribution is 2.31. The lowest BCUT2D eigenvalue weighted by atomic mass is 10.0. The molecule has 20 heavy (non-hydrogen) atoms. The van der Waals surface area contributed by atoms with Crippen molar-refractivity contribution in [2.24, 2.45) is 0 Å². The predicted molar refractivity (Wildman–Crippen MR) is 79.5 cm³/mol. The van der Waals surface area contributed by atoms with Gasteiger partial charge in [0.2, 0.25) is 0 Å². The normalized spacial score (nSPS) is 22.9. The lowest BCUT2D eigenvalue weighted by Gasteiger charge is -2.28. The van der Waals surface area contributed by atoms with Crippen molar-refractivity contribution in [3.05, 3.63) is 18.0 Å². The first-order valence-electron chi connectivity index (χ1n) is 8.10. The van der Waals surface area contributed by atoms with Crippen LogP contribution in [0.2, 0.25) is 0 Å². The molecule has 4 heteroatoms. The predicted octanol–water partition coefficient (Wildman–Crippen LogP) is 2.74. The smallest absolute Gasteiger partial charge is 0.0774 e. The van der Waals surface area contributed by atoms with Crippen molar-refractivity contribution in [3.8, 4) is 0 Å². The van der Waals surface area contributed by atoms with Gasteiger partial charge >= 0.3 is 0 Å². The van der Waals surface area contributed by atoms with E-state index in [1.54, 1.807) is 0 Å². The molecule has 0 saturated heterocycles. The third-order valence-electron chi connectivity index (χ3n) is 4.89. The maximum Gasteiger partial charge on any atom is 0.0774 e. The van der Waals surface area contributed by atoms with E-state index in [0.717, 1.165) is 31.6 Å². The molecule has 3 rings (SSSR count). The second kappa shape index (κ2) is 5.86. The van der Waals surface area contributed by atoms with Gasteiger partial charge in [-0.2, -0.15) is 5.10 Å². The summed E-state index contributed by atoms with van der Waals surface area (Å²) in [5.41, 5.74) is 0.670. The number of likely N-dealkylation sites (N-methyl/N-ethyl adjacent to an activating group) is 1. The molecule has 0 bridgehead atoms. The Morgan fingerprint density at radius 3 is 2.70 bits per heavy atom. The van der Waals surface area contributed by atoms with Gasteiger partial charge in [-0.1, -0.05) is 25.7 Å². The molecule has 2 aliphatic carbocycles. The highest BCUT2D eigenvalue weighted by atomic mass is 16.3. The third kappa shape index (κ3) is 3.23. The van der Waals surface area contributed by atoms with E-state index >= 15 is 0 Å². The first-order valence-corrected chi connectivity index (χ1v) is 8.10. The summed E-state index contributed by atoms with van der Waals surface area (Å²) in [6.45, 7) is 1.60. The van der Waals surface area contributed by atoms with Crippen molar-refractivity contribution in [2.75, 3.05) is 13.6 Å². The molecule has 1 heterocycles. The van der Waals surface area contributed by atoms with Gasteiger partial charge in [-0.3, -0.25) is 9.58 Å². The number of aliphatic hydroxyl groups is 1. The molecule has 0 aromatic carbocycles. The fourth-order valence-electron chi connectivity index (χ4n) is 3.86. The van der Waals surface area contributed by atoms with Gasteiger partial charge in [-0.15, -0.1) is 0 Å². The molecule has 0 amide bonds. The van der Waals surface area contributed by atoms with Crippen LogP contribution in [-0.2, 0) is 6.54 Å². The van der Waals surface area contributed by atoms with Crippen molar-refractivity contribution in [2.45, 2.75) is 69.6 Å². The Labute approximate surface area is 121 Å². The molecule has 112 valence electrons. The molecular formula is C16H27N3O. The summed E-state index contributed by atoms with van der Waals surface area (Å²) in [6.07, 6.45) is 11.6. The maximum absolute atomic E-state index is 10.5. The van der Waals surface area contributed by atoms with Crippen LogP contribution in [0.3, 0.4) is 0 Å². The van der Waals surface area contributed by atoms with Crippen LogP contribution in [0.15, 0.2) is 12.3 Å². The molecule has 0 radical (unpaired) electrons. The molecule has 2 fully saturated rings. The van der Waals surface area contributed by atoms with E-state index in [1.165, 1.54) is 38.5 Å². The maximum atomic E-state index is 10.5. The Kier molecular flexibility index (Phi) is 4.13. The van der Waals surface area contributed by atoms with E-state index in [0.29, 0.717) is 6.04 Å². The molecule has 0 unspecified atom stereocenters. The summed E-state index contributed by atoms with van der Waals surface area (Å²) in [6, 6.07) is 2.75. The topological polar surface area (TPSA) is 41.3 Å². The van der Waals surface area contributed by atoms with E-state index in [-0.39, 0.29) is 0 Å². The molecule has 2 saturated carbocycles. The summed E-state index contributed by atoms with van der Waals surface area (Å²) in [7, 11) is 2.09. The molecule has 0 atom stereocenters. The van der Waals surface area contributed by atoms with Crippen LogP contribution in [-0.4, -0.2) is 39.0 Å². The number of nitrogens with zero attached hydrogens (tertiary/aromatic N) is 3. The van der Waals surface area contributed by atoms with Gasteiger partial charge < -0.3 is 5.11 Å². The Bertz CT molecular complexity index is 431. The average Bonchev–Trinajstić information content (AvgIpc) is 3.08. The minimum Gasteiger partial charge on any atom is -0.389 e. The Hall–Kier alpha value is -0.870. The van der Waals surface area contributed by atoms with E-state index in [4.69, 9.17) is 5.10 Å². The Morgan fingerprint density at radius 1 is 1.30 bits per heavy atom. The van der Waals surface area contributed by atoms with E-state index < -0.39 is 5.60 Å². The average molecular weight is 277 g/mol. The molecule has 1 aromatic rings. The molecule has 0 aliphatic heterocycles. The fourth-order valence-corrected chi connectivity index (χ4v) is 3.86. The minimum absolute atomic E-state index is 0.456. The molecule has 2 aliphatic rings. The minimum atomic E-state index is -0.456. The first kappa shape index (κ1) is 14.1. The van der Waals surface area contributed by atoms with Crippen molar-refractivity contribution < 1.29 is 5.11 Å². The van der Waals surface area contributed by atoms with Gasteiger partial charge in [-0.05, 0) is 38.8 Å². The second-order valence-corrected chi connectivity index (χ2v) is 6.83. The zero-order chi connectivity index (χ0) is 14.0. The van der Waals surface area contributed by atoms with Gasteiger partial charge in [0.15, 0.2) is 0 Å². The number of aromatic nitrogens is 2. The van der Waals surface area contributed by atoms with Crippen LogP contribution in [0, 0.1) is 0 Å². The van der Waals surface area contributed by atoms with Crippen molar-refractivity contribution >= 4 is 0 Å². The van der Waals surface area contributed by atoms with Gasteiger partial charge in [0.25, 0.3) is 0 Å². The first-order chi connectivity index (χ1) is 9.65. The number of rotatable bonds is 5. The molecule has 1 N–H and O–H groups in total. The molecular weight excluding hydrogens is 250 g/mol. The SMILES string of the molecule is CN(Cc1ccn(C2CCCC2)n1)CC1(O)CCCC1. The van der Waals surface area contributed by atoms with Gasteiger partial charge in [0.1, 0.15) is 0 Å². The highest BCUT2D eigenvalue weighted by molar-refractivity contribution is 5.00. The van der Waals surface area contributed by atoms with Crippen LogP contribution in [0.1, 0.15) is 63.1 Å². The van der Waals surface area contributed by atoms with Crippen molar-refractivity contribution in [1.82, 2.24) is 14.7 Å². The Balaban J connectivity index is 1.54. The molecule has 0 spiro atoms. The van der Waals surface area contributed by atoms with Crippen molar-refractivity contribution in [3.63, 3.8) is 0 Å². The van der Waals surface area contributed by atoms with Crippen LogP contribution >= 0.6 is 0 Å². The zero-order valence-electron chi connectivity index (χ0n) is 12.6. The Morgan fingerprint density at radius 2 is 2.00 bits per heavy atom. The monoisotopic (exact) mass is 277 g/mol. The summed E-state index contributed by atoms with van der Waals surface area (Å²) in [4.78, 5) is 2.21. The summed E-state index contributed by atoms with van der Waals surface area (Å²) < 4.78 is 2.15. The highest BCUT2D eigenvalue weighted by Gasteiger charge is 2.32. The lowest BCUT2D eigenvalue weighted by molar-refractivity contribution is 0.0142. The van der Waals surface area contributed by atoms with Gasteiger partial charge in [0.05, 0.1) is 17.3 Å². The number of hydrogen-bond donors (Lipinski definition) is 1. The summed E-state index contributed by atoms with van der Waals surface area (Å²) in [5.74, 6) is 0. The lowest BCUT2D eigenvalue weighted by Crippen LogP contribution is -2.38.